The topological polar surface area (TPSA) is 107 Å². The molecule has 0 aliphatic rings. The van der Waals surface area contributed by atoms with E-state index in [0.29, 0.717) is 0 Å². The summed E-state index contributed by atoms with van der Waals surface area (Å²) >= 11 is 0. The van der Waals surface area contributed by atoms with Gasteiger partial charge in [-0.25, -0.2) is 0 Å². The molecule has 0 heterocycles. The molecule has 0 aromatic heterocycles. The predicted molar refractivity (Wildman–Crippen MR) is 66.6 cm³/mol. The van der Waals surface area contributed by atoms with Gasteiger partial charge in [0.15, 0.2) is 5.84 Å². The maximum absolute atomic E-state index is 12.6. The maximum atomic E-state index is 12.6. The summed E-state index contributed by atoms with van der Waals surface area (Å²) in [4.78, 5) is 0. The number of rotatable bonds is 6. The van der Waals surface area contributed by atoms with Crippen molar-refractivity contribution in [2.45, 2.75) is 12.5 Å². The fourth-order valence-corrected chi connectivity index (χ4v) is 1.07. The highest BCUT2D eigenvalue weighted by atomic mass is 19.3. The Kier molecular flexibility index (Phi) is 5.06. The molecule has 21 heavy (non-hydrogen) atoms. The third-order valence-electron chi connectivity index (χ3n) is 2.02. The van der Waals surface area contributed by atoms with Crippen LogP contribution in [0.2, 0.25) is 0 Å². The van der Waals surface area contributed by atoms with Gasteiger partial charge in [-0.15, -0.1) is 0 Å². The zero-order valence-electron chi connectivity index (χ0n) is 10.3. The quantitative estimate of drug-likeness (QED) is 0.324. The molecule has 0 radical (unpaired) electrons. The first-order chi connectivity index (χ1) is 9.76. The van der Waals surface area contributed by atoms with Crippen LogP contribution in [0, 0.1) is 16.7 Å². The number of amidine groups is 1. The predicted octanol–water partition coefficient (Wildman–Crippen LogP) is 2.15. The van der Waals surface area contributed by atoms with Crippen LogP contribution in [0.5, 0.6) is 5.75 Å². The van der Waals surface area contributed by atoms with Crippen molar-refractivity contribution in [1.82, 2.24) is 0 Å². The molecular formula is C11H9F4N5O. The number of halogens is 4. The van der Waals surface area contributed by atoms with E-state index in [-0.39, 0.29) is 11.4 Å². The molecule has 0 bridgehead atoms. The summed E-state index contributed by atoms with van der Waals surface area (Å²) in [6, 6.07) is 5.98. The highest BCUT2D eigenvalue weighted by Crippen LogP contribution is 2.28. The maximum Gasteiger partial charge on any atom is 0.461 e. The monoisotopic (exact) mass is 303 g/mol. The van der Waals surface area contributed by atoms with Gasteiger partial charge in [0.1, 0.15) is 11.8 Å². The van der Waals surface area contributed by atoms with Crippen LogP contribution in [-0.2, 0) is 0 Å². The van der Waals surface area contributed by atoms with Crippen molar-refractivity contribution in [3.63, 3.8) is 0 Å². The van der Waals surface area contributed by atoms with E-state index < -0.39 is 24.1 Å². The zero-order chi connectivity index (χ0) is 16.0. The Hall–Kier alpha value is -2.83. The van der Waals surface area contributed by atoms with Crippen molar-refractivity contribution in [2.75, 3.05) is 5.43 Å². The van der Waals surface area contributed by atoms with Crippen LogP contribution in [0.1, 0.15) is 0 Å². The minimum Gasteiger partial charge on any atom is -0.428 e. The summed E-state index contributed by atoms with van der Waals surface area (Å²) in [6.45, 7) is 0. The second-order valence-corrected chi connectivity index (χ2v) is 3.59. The van der Waals surface area contributed by atoms with Crippen molar-refractivity contribution in [3.8, 4) is 11.8 Å². The number of anilines is 1. The van der Waals surface area contributed by atoms with Crippen LogP contribution in [0.25, 0.3) is 0 Å². The molecule has 1 rings (SSSR count). The van der Waals surface area contributed by atoms with Gasteiger partial charge in [0, 0.05) is 0 Å². The number of alkyl halides is 4. The molecular weight excluding hydrogens is 294 g/mol. The Morgan fingerprint density at radius 2 is 1.95 bits per heavy atom. The molecule has 112 valence electrons. The lowest BCUT2D eigenvalue weighted by atomic mass is 10.3. The van der Waals surface area contributed by atoms with Gasteiger partial charge in [0.05, 0.1) is 5.69 Å². The van der Waals surface area contributed by atoms with Crippen LogP contribution in [0.4, 0.5) is 23.2 Å². The first-order valence-corrected chi connectivity index (χ1v) is 5.29. The summed E-state index contributed by atoms with van der Waals surface area (Å²) in [5, 5.41) is 19.1. The van der Waals surface area contributed by atoms with Crippen LogP contribution in [-0.4, -0.2) is 24.1 Å². The molecule has 0 aliphatic carbocycles. The molecule has 0 saturated carbocycles. The second kappa shape index (κ2) is 6.56. The van der Waals surface area contributed by atoms with E-state index in [1.807, 2.05) is 0 Å². The van der Waals surface area contributed by atoms with Crippen molar-refractivity contribution in [3.05, 3.63) is 24.3 Å². The fourth-order valence-electron chi connectivity index (χ4n) is 1.07. The first-order valence-electron chi connectivity index (χ1n) is 5.29. The average molecular weight is 303 g/mol. The highest BCUT2D eigenvalue weighted by Gasteiger charge is 2.43. The summed E-state index contributed by atoms with van der Waals surface area (Å²) in [6.07, 6.45) is -8.54. The van der Waals surface area contributed by atoms with E-state index in [9.17, 15) is 17.6 Å². The van der Waals surface area contributed by atoms with Crippen LogP contribution >= 0.6 is 0 Å². The lowest BCUT2D eigenvalue weighted by Gasteiger charge is -2.16. The molecule has 10 heteroatoms. The standard InChI is InChI=1S/C11H9F4N5O/c12-10(13)11(14,15)21-7-3-1-6(2-4-7)19-20-8(5-16)9(17)18/h1-4,10,19H,(H3,17,18)/b20-8+. The number of nitrogens with two attached hydrogens (primary N) is 1. The third kappa shape index (κ3) is 4.64. The van der Waals surface area contributed by atoms with E-state index in [1.165, 1.54) is 12.1 Å². The van der Waals surface area contributed by atoms with Gasteiger partial charge in [-0.2, -0.15) is 27.9 Å². The normalized spacial score (nSPS) is 11.9. The van der Waals surface area contributed by atoms with E-state index in [4.69, 9.17) is 16.4 Å². The van der Waals surface area contributed by atoms with E-state index in [1.54, 1.807) is 6.07 Å². The number of benzene rings is 1. The molecule has 0 aliphatic heterocycles. The molecule has 6 nitrogen and oxygen atoms in total. The largest absolute Gasteiger partial charge is 0.461 e. The van der Waals surface area contributed by atoms with Gasteiger partial charge in [0.2, 0.25) is 5.71 Å². The average Bonchev–Trinajstić information content (AvgIpc) is 2.40. The fraction of sp³-hybridized carbons (Fsp3) is 0.182. The smallest absolute Gasteiger partial charge is 0.428 e. The van der Waals surface area contributed by atoms with Crippen molar-refractivity contribution in [2.24, 2.45) is 10.8 Å². The summed E-state index contributed by atoms with van der Waals surface area (Å²) in [7, 11) is 0. The Bertz CT molecular complexity index is 579. The van der Waals surface area contributed by atoms with E-state index in [2.05, 4.69) is 15.3 Å². The Morgan fingerprint density at radius 3 is 2.38 bits per heavy atom. The number of hydrazone groups is 1. The SMILES string of the molecule is N#C/C(=N\Nc1ccc(OC(F)(F)C(F)F)cc1)C(=N)N. The second-order valence-electron chi connectivity index (χ2n) is 3.59. The third-order valence-corrected chi connectivity index (χ3v) is 2.02. The summed E-state index contributed by atoms with van der Waals surface area (Å²) in [5.41, 5.74) is 7.26. The zero-order valence-corrected chi connectivity index (χ0v) is 10.3. The molecule has 1 aromatic carbocycles. The molecule has 4 N–H and O–H groups in total. The highest BCUT2D eigenvalue weighted by molar-refractivity contribution is 6.45. The van der Waals surface area contributed by atoms with Gasteiger partial charge < -0.3 is 10.5 Å². The summed E-state index contributed by atoms with van der Waals surface area (Å²) in [5.74, 6) is -1.02. The molecule has 1 aromatic rings. The minimum absolute atomic E-state index is 0.247. The number of ether oxygens (including phenoxy) is 1. The number of nitrogens with one attached hydrogen (secondary N) is 2. The Labute approximate surface area is 116 Å². The Morgan fingerprint density at radius 1 is 1.38 bits per heavy atom. The molecule has 0 saturated heterocycles. The minimum atomic E-state index is -4.59. The van der Waals surface area contributed by atoms with E-state index in [0.717, 1.165) is 12.1 Å². The van der Waals surface area contributed by atoms with Crippen molar-refractivity contribution in [1.29, 1.82) is 10.7 Å². The van der Waals surface area contributed by atoms with Gasteiger partial charge in [-0.1, -0.05) is 0 Å². The molecule has 0 spiro atoms. The van der Waals surface area contributed by atoms with Gasteiger partial charge in [-0.3, -0.25) is 10.8 Å². The van der Waals surface area contributed by atoms with Crippen molar-refractivity contribution < 1.29 is 22.3 Å². The number of hydrogen-bond donors (Lipinski definition) is 3. The van der Waals surface area contributed by atoms with Gasteiger partial charge >= 0.3 is 12.5 Å². The Balaban J connectivity index is 2.76. The van der Waals surface area contributed by atoms with Crippen LogP contribution in [0.3, 0.4) is 0 Å². The number of nitriles is 1. The number of nitrogens with zero attached hydrogens (tertiary/aromatic N) is 2. The molecule has 0 unspecified atom stereocenters. The van der Waals surface area contributed by atoms with Crippen LogP contribution < -0.4 is 15.9 Å². The number of hydrogen-bond acceptors (Lipinski definition) is 5. The molecule has 0 amide bonds. The van der Waals surface area contributed by atoms with Crippen LogP contribution in [0.15, 0.2) is 29.4 Å². The van der Waals surface area contributed by atoms with Gasteiger partial charge in [0.25, 0.3) is 0 Å². The molecule has 0 fully saturated rings. The lowest BCUT2D eigenvalue weighted by molar-refractivity contribution is -0.253. The summed E-state index contributed by atoms with van der Waals surface area (Å²) < 4.78 is 53.0. The lowest BCUT2D eigenvalue weighted by Crippen LogP contribution is -2.33. The molecule has 0 atom stereocenters. The first kappa shape index (κ1) is 16.2. The van der Waals surface area contributed by atoms with Crippen molar-refractivity contribution >= 4 is 17.2 Å². The van der Waals surface area contributed by atoms with Gasteiger partial charge in [-0.05, 0) is 24.3 Å². The van der Waals surface area contributed by atoms with E-state index >= 15 is 0 Å².